The van der Waals surface area contributed by atoms with Gasteiger partial charge in [0.1, 0.15) is 0 Å². The molecule has 3 aromatic carbocycles. The highest BCUT2D eigenvalue weighted by Crippen LogP contribution is 2.41. The van der Waals surface area contributed by atoms with E-state index in [1.54, 1.807) is 29.8 Å². The fourth-order valence-electron chi connectivity index (χ4n) is 4.42. The number of ketones is 1. The Labute approximate surface area is 175 Å². The van der Waals surface area contributed by atoms with Crippen molar-refractivity contribution in [3.05, 3.63) is 92.6 Å². The van der Waals surface area contributed by atoms with Gasteiger partial charge in [0.05, 0.1) is 27.8 Å². The lowest BCUT2D eigenvalue weighted by atomic mass is 9.83. The Balaban J connectivity index is 1.63. The van der Waals surface area contributed by atoms with E-state index in [0.717, 1.165) is 22.2 Å². The molecule has 31 heavy (non-hydrogen) atoms. The van der Waals surface area contributed by atoms with Crippen LogP contribution in [0.2, 0.25) is 0 Å². The smallest absolute Gasteiger partial charge is 0.323 e. The van der Waals surface area contributed by atoms with Gasteiger partial charge in [-0.05, 0) is 41.5 Å². The van der Waals surface area contributed by atoms with Crippen molar-refractivity contribution in [1.82, 2.24) is 14.5 Å². The molecule has 150 valence electrons. The molecule has 0 spiro atoms. The largest absolute Gasteiger partial charge is 0.355 e. The van der Waals surface area contributed by atoms with Crippen LogP contribution in [-0.2, 0) is 7.05 Å². The first kappa shape index (κ1) is 17.5. The number of pyridine rings is 1. The maximum Gasteiger partial charge on any atom is 0.323 e. The molecule has 7 nitrogen and oxygen atoms in total. The Hall–Kier alpha value is -4.39. The van der Waals surface area contributed by atoms with Gasteiger partial charge in [0, 0.05) is 29.8 Å². The van der Waals surface area contributed by atoms with Gasteiger partial charge in [-0.1, -0.05) is 24.3 Å². The van der Waals surface area contributed by atoms with E-state index in [-0.39, 0.29) is 17.0 Å². The molecule has 1 aliphatic rings. The van der Waals surface area contributed by atoms with Crippen molar-refractivity contribution in [2.45, 2.75) is 0 Å². The molecule has 0 bridgehead atoms. The van der Waals surface area contributed by atoms with Crippen molar-refractivity contribution in [3.63, 3.8) is 0 Å². The standard InChI is InChI=1S/C24H16N4O3/c1-28-19-9-8-17(25-12-6-7-16-18(10-12)27-24(31)26-16)22-21(19)15(11-20(28)29)13-4-2-3-5-14(13)23(22)30/h2-11,25H,1H3,(H2,26,27,31). The van der Waals surface area contributed by atoms with Crippen molar-refractivity contribution in [2.75, 3.05) is 5.32 Å². The van der Waals surface area contributed by atoms with Gasteiger partial charge in [0.25, 0.3) is 5.56 Å². The molecular formula is C24H16N4O3. The van der Waals surface area contributed by atoms with E-state index in [0.29, 0.717) is 33.4 Å². The zero-order chi connectivity index (χ0) is 21.3. The predicted molar refractivity (Wildman–Crippen MR) is 120 cm³/mol. The summed E-state index contributed by atoms with van der Waals surface area (Å²) < 4.78 is 1.56. The minimum atomic E-state index is -0.273. The average molecular weight is 408 g/mol. The number of benzene rings is 3. The van der Waals surface area contributed by atoms with Crippen molar-refractivity contribution in [3.8, 4) is 11.1 Å². The number of carbonyl (C=O) groups is 1. The summed E-state index contributed by atoms with van der Waals surface area (Å²) in [6.45, 7) is 0. The minimum Gasteiger partial charge on any atom is -0.355 e. The third-order valence-electron chi connectivity index (χ3n) is 5.90. The quantitative estimate of drug-likeness (QED) is 0.407. The number of rotatable bonds is 2. The highest BCUT2D eigenvalue weighted by atomic mass is 16.1. The van der Waals surface area contributed by atoms with E-state index in [9.17, 15) is 14.4 Å². The number of imidazole rings is 1. The molecule has 3 N–H and O–H groups in total. The number of H-pyrrole nitrogens is 2. The van der Waals surface area contributed by atoms with Gasteiger partial charge in [0.15, 0.2) is 5.78 Å². The molecule has 5 aromatic rings. The Morgan fingerprint density at radius 3 is 2.42 bits per heavy atom. The summed E-state index contributed by atoms with van der Waals surface area (Å²) in [6.07, 6.45) is 0. The molecule has 0 unspecified atom stereocenters. The topological polar surface area (TPSA) is 99.8 Å². The predicted octanol–water partition coefficient (Wildman–Crippen LogP) is 3.66. The second-order valence-electron chi connectivity index (χ2n) is 7.68. The minimum absolute atomic E-state index is 0.0917. The molecule has 0 atom stereocenters. The molecule has 0 saturated carbocycles. The van der Waals surface area contributed by atoms with Crippen LogP contribution >= 0.6 is 0 Å². The summed E-state index contributed by atoms with van der Waals surface area (Å²) >= 11 is 0. The van der Waals surface area contributed by atoms with Gasteiger partial charge in [-0.3, -0.25) is 9.59 Å². The maximum absolute atomic E-state index is 13.5. The zero-order valence-corrected chi connectivity index (χ0v) is 16.4. The number of carbonyl (C=O) groups excluding carboxylic acids is 1. The molecular weight excluding hydrogens is 392 g/mol. The lowest BCUT2D eigenvalue weighted by Crippen LogP contribution is -2.21. The number of aromatic amines is 2. The number of nitrogens with zero attached hydrogens (tertiary/aromatic N) is 1. The highest BCUT2D eigenvalue weighted by molar-refractivity contribution is 6.28. The molecule has 7 heteroatoms. The van der Waals surface area contributed by atoms with Gasteiger partial charge in [-0.2, -0.15) is 0 Å². The highest BCUT2D eigenvalue weighted by Gasteiger charge is 2.29. The summed E-state index contributed by atoms with van der Waals surface area (Å²) in [4.78, 5) is 43.1. The van der Waals surface area contributed by atoms with Crippen LogP contribution in [0.3, 0.4) is 0 Å². The third-order valence-corrected chi connectivity index (χ3v) is 5.90. The van der Waals surface area contributed by atoms with E-state index >= 15 is 0 Å². The van der Waals surface area contributed by atoms with Crippen LogP contribution in [0, 0.1) is 0 Å². The van der Waals surface area contributed by atoms with Gasteiger partial charge in [0.2, 0.25) is 0 Å². The lowest BCUT2D eigenvalue weighted by Gasteiger charge is -2.23. The van der Waals surface area contributed by atoms with Crippen molar-refractivity contribution >= 4 is 39.1 Å². The molecule has 2 heterocycles. The fourth-order valence-corrected chi connectivity index (χ4v) is 4.42. The summed E-state index contributed by atoms with van der Waals surface area (Å²) in [5, 5.41) is 4.09. The third kappa shape index (κ3) is 2.43. The monoisotopic (exact) mass is 408 g/mol. The normalized spacial score (nSPS) is 12.4. The summed E-state index contributed by atoms with van der Waals surface area (Å²) in [7, 11) is 1.71. The Morgan fingerprint density at radius 2 is 1.58 bits per heavy atom. The Morgan fingerprint density at radius 1 is 0.806 bits per heavy atom. The van der Waals surface area contributed by atoms with E-state index in [1.807, 2.05) is 42.5 Å². The van der Waals surface area contributed by atoms with Crippen LogP contribution < -0.4 is 16.6 Å². The van der Waals surface area contributed by atoms with Gasteiger partial charge >= 0.3 is 5.69 Å². The van der Waals surface area contributed by atoms with Crippen LogP contribution in [0.1, 0.15) is 15.9 Å². The molecule has 0 saturated heterocycles. The van der Waals surface area contributed by atoms with Gasteiger partial charge < -0.3 is 19.9 Å². The molecule has 2 aromatic heterocycles. The lowest BCUT2D eigenvalue weighted by molar-refractivity contribution is 0.104. The first-order chi connectivity index (χ1) is 15.0. The number of aromatic nitrogens is 3. The summed E-state index contributed by atoms with van der Waals surface area (Å²) in [5.74, 6) is -0.0917. The SMILES string of the molecule is Cn1c(=O)cc2c3c(c(Nc4ccc5[nH]c(=O)[nH]c5c4)ccc31)C(=O)c1ccccc1-2. The number of fused-ring (bicyclic) bond motifs is 3. The first-order valence-electron chi connectivity index (χ1n) is 9.81. The molecule has 0 amide bonds. The average Bonchev–Trinajstić information content (AvgIpc) is 3.14. The van der Waals surface area contributed by atoms with Gasteiger partial charge in [-0.25, -0.2) is 4.79 Å². The Kier molecular flexibility index (Phi) is 3.41. The second kappa shape index (κ2) is 6.06. The molecule has 0 radical (unpaired) electrons. The molecule has 6 rings (SSSR count). The van der Waals surface area contributed by atoms with Crippen LogP contribution in [0.25, 0.3) is 33.1 Å². The van der Waals surface area contributed by atoms with E-state index in [4.69, 9.17) is 0 Å². The van der Waals surface area contributed by atoms with Gasteiger partial charge in [-0.15, -0.1) is 0 Å². The first-order valence-corrected chi connectivity index (χ1v) is 9.81. The van der Waals surface area contributed by atoms with Crippen LogP contribution in [0.4, 0.5) is 11.4 Å². The zero-order valence-electron chi connectivity index (χ0n) is 16.4. The number of nitrogens with one attached hydrogen (secondary N) is 3. The van der Waals surface area contributed by atoms with Crippen molar-refractivity contribution in [2.24, 2.45) is 7.05 Å². The van der Waals surface area contributed by atoms with Crippen molar-refractivity contribution < 1.29 is 4.79 Å². The second-order valence-corrected chi connectivity index (χ2v) is 7.68. The number of aryl methyl sites for hydroxylation is 1. The van der Waals surface area contributed by atoms with Crippen LogP contribution in [-0.4, -0.2) is 20.3 Å². The van der Waals surface area contributed by atoms with E-state index < -0.39 is 0 Å². The maximum atomic E-state index is 13.5. The number of hydrogen-bond donors (Lipinski definition) is 3. The summed E-state index contributed by atoms with van der Waals surface area (Å²) in [6, 6.07) is 18.1. The summed E-state index contributed by atoms with van der Waals surface area (Å²) in [5.41, 5.74) is 5.70. The molecule has 0 fully saturated rings. The molecule has 1 aliphatic carbocycles. The van der Waals surface area contributed by atoms with E-state index in [1.165, 1.54) is 0 Å². The number of hydrogen-bond acceptors (Lipinski definition) is 4. The number of anilines is 2. The van der Waals surface area contributed by atoms with Crippen LogP contribution in [0.15, 0.2) is 70.3 Å². The molecule has 0 aliphatic heterocycles. The van der Waals surface area contributed by atoms with Crippen molar-refractivity contribution in [1.29, 1.82) is 0 Å². The Bertz CT molecular complexity index is 1690. The van der Waals surface area contributed by atoms with Crippen LogP contribution in [0.5, 0.6) is 0 Å². The van der Waals surface area contributed by atoms with E-state index in [2.05, 4.69) is 15.3 Å². The fraction of sp³-hybridized carbons (Fsp3) is 0.0417.